The van der Waals surface area contributed by atoms with Gasteiger partial charge in [-0.25, -0.2) is 19.3 Å². The topological polar surface area (TPSA) is 119 Å². The Balaban J connectivity index is 1.67. The second-order valence-electron chi connectivity index (χ2n) is 7.42. The van der Waals surface area contributed by atoms with Crippen molar-refractivity contribution in [1.29, 1.82) is 0 Å². The van der Waals surface area contributed by atoms with E-state index >= 15 is 8.78 Å². The van der Waals surface area contributed by atoms with E-state index in [0.717, 1.165) is 0 Å². The monoisotopic (exact) mass is 428 g/mol. The van der Waals surface area contributed by atoms with E-state index in [4.69, 9.17) is 4.63 Å². The van der Waals surface area contributed by atoms with Crippen molar-refractivity contribution >= 4 is 17.0 Å². The number of halogens is 2. The molecule has 5 rings (SSSR count). The molecule has 1 aromatic carbocycles. The lowest BCUT2D eigenvalue weighted by atomic mass is 10.1. The molecule has 160 valence electrons. The second kappa shape index (κ2) is 7.30. The highest BCUT2D eigenvalue weighted by Gasteiger charge is 2.39. The summed E-state index contributed by atoms with van der Waals surface area (Å²) in [5.41, 5.74) is 1.22. The van der Waals surface area contributed by atoms with Gasteiger partial charge in [-0.05, 0) is 13.3 Å². The molecule has 0 radical (unpaired) electrons. The lowest BCUT2D eigenvalue weighted by Crippen LogP contribution is -2.26. The summed E-state index contributed by atoms with van der Waals surface area (Å²) < 4.78 is 36.8. The normalized spacial score (nSPS) is 17.0. The van der Waals surface area contributed by atoms with Crippen LogP contribution in [0, 0.1) is 6.92 Å². The van der Waals surface area contributed by atoms with E-state index in [1.165, 1.54) is 28.9 Å². The van der Waals surface area contributed by atoms with E-state index < -0.39 is 17.9 Å². The van der Waals surface area contributed by atoms with Gasteiger partial charge in [-0.3, -0.25) is 0 Å². The van der Waals surface area contributed by atoms with Crippen molar-refractivity contribution in [3.8, 4) is 0 Å². The minimum atomic E-state index is -3.44. The maximum atomic E-state index is 15.4. The number of nitrogens with zero attached hydrogens (tertiary/aromatic N) is 8. The summed E-state index contributed by atoms with van der Waals surface area (Å²) in [6, 6.07) is 7.38. The van der Waals surface area contributed by atoms with Crippen LogP contribution in [0.15, 0.2) is 35.0 Å². The van der Waals surface area contributed by atoms with Crippen molar-refractivity contribution in [3.05, 3.63) is 53.1 Å². The van der Waals surface area contributed by atoms with E-state index in [1.54, 1.807) is 17.9 Å². The summed E-state index contributed by atoms with van der Waals surface area (Å²) in [6.45, 7) is 2.54. The zero-order valence-electron chi connectivity index (χ0n) is 16.5. The molecule has 4 heterocycles. The van der Waals surface area contributed by atoms with Gasteiger partial charge in [-0.2, -0.15) is 8.78 Å². The fourth-order valence-corrected chi connectivity index (χ4v) is 3.55. The predicted octanol–water partition coefficient (Wildman–Crippen LogP) is 1.67. The van der Waals surface area contributed by atoms with Crippen LogP contribution >= 0.6 is 0 Å². The highest BCUT2D eigenvalue weighted by Crippen LogP contribution is 2.36. The van der Waals surface area contributed by atoms with E-state index in [2.05, 4.69) is 30.6 Å². The molecule has 1 fully saturated rings. The first-order valence-corrected chi connectivity index (χ1v) is 9.69. The third-order valence-electron chi connectivity index (χ3n) is 5.27. The first-order valence-electron chi connectivity index (χ1n) is 9.69. The summed E-state index contributed by atoms with van der Waals surface area (Å²) in [4.78, 5) is 10.1. The summed E-state index contributed by atoms with van der Waals surface area (Å²) >= 11 is 0. The molecule has 31 heavy (non-hydrogen) atoms. The van der Waals surface area contributed by atoms with Gasteiger partial charge in [-0.1, -0.05) is 45.9 Å². The Hall–Kier alpha value is -3.54. The molecule has 10 nitrogen and oxygen atoms in total. The standard InChI is InChI=1S/C19H18F2N8O2/c1-11-14(26-31-25-11)10-29-17-15(24-27-29)16(28-8-7-13(30)9-28)22-18(23-17)19(20,21)12-5-3-2-4-6-12/h2-6,13,30H,7-10H2,1H3. The van der Waals surface area contributed by atoms with Crippen LogP contribution < -0.4 is 4.90 Å². The molecule has 3 aromatic heterocycles. The third-order valence-corrected chi connectivity index (χ3v) is 5.27. The summed E-state index contributed by atoms with van der Waals surface area (Å²) in [6.07, 6.45) is -0.0598. The van der Waals surface area contributed by atoms with Gasteiger partial charge < -0.3 is 10.0 Å². The second-order valence-corrected chi connectivity index (χ2v) is 7.42. The first kappa shape index (κ1) is 19.4. The first-order chi connectivity index (χ1) is 14.9. The van der Waals surface area contributed by atoms with E-state index in [0.29, 0.717) is 24.4 Å². The highest BCUT2D eigenvalue weighted by atomic mass is 19.3. The van der Waals surface area contributed by atoms with Crippen LogP contribution in [0.2, 0.25) is 0 Å². The molecule has 0 spiro atoms. The SMILES string of the molecule is Cc1nonc1Cn1nnc2c(N3CCC(O)C3)nc(C(F)(F)c3ccccc3)nc21. The number of aliphatic hydroxyl groups excluding tert-OH is 1. The smallest absolute Gasteiger partial charge is 0.331 e. The molecule has 0 amide bonds. The quantitative estimate of drug-likeness (QED) is 0.506. The van der Waals surface area contributed by atoms with Crippen LogP contribution in [0.5, 0.6) is 0 Å². The molecular formula is C19H18F2N8O2. The fourth-order valence-electron chi connectivity index (χ4n) is 3.55. The van der Waals surface area contributed by atoms with Crippen molar-refractivity contribution in [2.24, 2.45) is 0 Å². The largest absolute Gasteiger partial charge is 0.391 e. The van der Waals surface area contributed by atoms with Crippen LogP contribution in [0.1, 0.15) is 29.2 Å². The lowest BCUT2D eigenvalue weighted by Gasteiger charge is -2.20. The van der Waals surface area contributed by atoms with Crippen molar-refractivity contribution in [2.45, 2.75) is 31.9 Å². The number of benzene rings is 1. The van der Waals surface area contributed by atoms with Crippen LogP contribution in [0.3, 0.4) is 0 Å². The number of aryl methyl sites for hydroxylation is 1. The molecule has 0 saturated carbocycles. The van der Waals surface area contributed by atoms with Crippen molar-refractivity contribution in [1.82, 2.24) is 35.3 Å². The highest BCUT2D eigenvalue weighted by molar-refractivity contribution is 5.83. The molecule has 1 unspecified atom stereocenters. The fraction of sp³-hybridized carbons (Fsp3) is 0.368. The minimum Gasteiger partial charge on any atom is -0.391 e. The maximum Gasteiger partial charge on any atom is 0.331 e. The van der Waals surface area contributed by atoms with Crippen LogP contribution in [-0.2, 0) is 12.5 Å². The molecule has 1 atom stereocenters. The Morgan fingerprint density at radius 1 is 1.19 bits per heavy atom. The van der Waals surface area contributed by atoms with Gasteiger partial charge in [0.05, 0.1) is 12.6 Å². The molecule has 4 aromatic rings. The minimum absolute atomic E-state index is 0.0985. The number of anilines is 1. The Labute approximate surface area is 174 Å². The van der Waals surface area contributed by atoms with E-state index in [-0.39, 0.29) is 35.6 Å². The number of aromatic nitrogens is 7. The molecule has 0 bridgehead atoms. The molecule has 1 saturated heterocycles. The average Bonchev–Trinajstić information content (AvgIpc) is 3.49. The summed E-state index contributed by atoms with van der Waals surface area (Å²) in [5.74, 6) is -3.89. The molecule has 12 heteroatoms. The van der Waals surface area contributed by atoms with Gasteiger partial charge in [-0.15, -0.1) is 5.10 Å². The number of alkyl halides is 2. The number of aliphatic hydroxyl groups is 1. The number of fused-ring (bicyclic) bond motifs is 1. The van der Waals surface area contributed by atoms with Gasteiger partial charge in [0.15, 0.2) is 17.0 Å². The average molecular weight is 428 g/mol. The van der Waals surface area contributed by atoms with Crippen molar-refractivity contribution in [2.75, 3.05) is 18.0 Å². The van der Waals surface area contributed by atoms with Gasteiger partial charge in [0.2, 0.25) is 5.82 Å². The van der Waals surface area contributed by atoms with E-state index in [1.807, 2.05) is 0 Å². The molecule has 0 aliphatic carbocycles. The number of hydrogen-bond acceptors (Lipinski definition) is 9. The molecule has 1 N–H and O–H groups in total. The number of β-amino-alcohol motifs (C(OH)–C–C–N with tert-alkyl or cyclic N) is 1. The lowest BCUT2D eigenvalue weighted by molar-refractivity contribution is 0.0332. The van der Waals surface area contributed by atoms with Crippen molar-refractivity contribution in [3.63, 3.8) is 0 Å². The van der Waals surface area contributed by atoms with Crippen LogP contribution in [0.4, 0.5) is 14.6 Å². The third kappa shape index (κ3) is 3.38. The predicted molar refractivity (Wildman–Crippen MR) is 104 cm³/mol. The number of hydrogen-bond donors (Lipinski definition) is 1. The van der Waals surface area contributed by atoms with Crippen LogP contribution in [-0.4, -0.2) is 59.6 Å². The maximum absolute atomic E-state index is 15.4. The number of rotatable bonds is 5. The Morgan fingerprint density at radius 3 is 2.68 bits per heavy atom. The van der Waals surface area contributed by atoms with Gasteiger partial charge in [0.25, 0.3) is 0 Å². The zero-order chi connectivity index (χ0) is 21.6. The van der Waals surface area contributed by atoms with E-state index in [9.17, 15) is 5.11 Å². The summed E-state index contributed by atoms with van der Waals surface area (Å²) in [5, 5.41) is 25.7. The van der Waals surface area contributed by atoms with Crippen LogP contribution in [0.25, 0.3) is 11.2 Å². The summed E-state index contributed by atoms with van der Waals surface area (Å²) in [7, 11) is 0. The Morgan fingerprint density at radius 2 is 2.00 bits per heavy atom. The molecular weight excluding hydrogens is 410 g/mol. The van der Waals surface area contributed by atoms with Gasteiger partial charge in [0.1, 0.15) is 11.4 Å². The molecule has 1 aliphatic rings. The zero-order valence-corrected chi connectivity index (χ0v) is 16.5. The van der Waals surface area contributed by atoms with Gasteiger partial charge in [0, 0.05) is 18.7 Å². The van der Waals surface area contributed by atoms with Gasteiger partial charge >= 0.3 is 5.92 Å². The Kier molecular flexibility index (Phi) is 4.58. The van der Waals surface area contributed by atoms with Crippen molar-refractivity contribution < 1.29 is 18.5 Å². The Bertz CT molecular complexity index is 1230. The molecule has 1 aliphatic heterocycles.